The van der Waals surface area contributed by atoms with Gasteiger partial charge in [-0.05, 0) is 35.8 Å². The van der Waals surface area contributed by atoms with Crippen molar-refractivity contribution in [2.75, 3.05) is 12.0 Å². The molecule has 0 radical (unpaired) electrons. The van der Waals surface area contributed by atoms with Crippen molar-refractivity contribution in [3.05, 3.63) is 35.9 Å². The molecule has 0 aliphatic heterocycles. The summed E-state index contributed by atoms with van der Waals surface area (Å²) in [5.41, 5.74) is 6.75. The van der Waals surface area contributed by atoms with E-state index in [4.69, 9.17) is 5.73 Å². The highest BCUT2D eigenvalue weighted by atomic mass is 32.2. The van der Waals surface area contributed by atoms with Crippen molar-refractivity contribution in [2.24, 2.45) is 17.6 Å². The van der Waals surface area contributed by atoms with Gasteiger partial charge in [0.05, 0.1) is 6.04 Å². The minimum atomic E-state index is -1.14. The molecule has 0 aromatic heterocycles. The maximum atomic E-state index is 13.2. The first-order valence-corrected chi connectivity index (χ1v) is 13.3. The second-order valence-corrected chi connectivity index (χ2v) is 10.1. The van der Waals surface area contributed by atoms with Crippen LogP contribution >= 0.6 is 11.8 Å². The molecule has 0 saturated heterocycles. The van der Waals surface area contributed by atoms with Gasteiger partial charge in [-0.1, -0.05) is 64.4 Å². The molecule has 10 heteroatoms. The molecule has 0 bridgehead atoms. The fourth-order valence-corrected chi connectivity index (χ4v) is 3.92. The summed E-state index contributed by atoms with van der Waals surface area (Å²) in [6.45, 7) is 7.16. The number of thioether (sulfide) groups is 1. The van der Waals surface area contributed by atoms with E-state index in [0.717, 1.165) is 5.56 Å². The van der Waals surface area contributed by atoms with Gasteiger partial charge in [0.2, 0.25) is 17.7 Å². The summed E-state index contributed by atoms with van der Waals surface area (Å²) >= 11 is 1.58. The predicted molar refractivity (Wildman–Crippen MR) is 139 cm³/mol. The summed E-state index contributed by atoms with van der Waals surface area (Å²) < 4.78 is 0. The standard InChI is InChI=1S/C25H40N4O5S/c1-6-16(4)21(25(33)34)29-23(31)19(14-17-10-8-7-9-11-17)27-24(32)20(15(2)3)28-22(30)18(26)12-13-35-5/h7-11,15-16,18-21H,6,12-14,26H2,1-5H3,(H,27,32)(H,28,30)(H,29,31)(H,33,34). The number of hydrogen-bond donors (Lipinski definition) is 5. The van der Waals surface area contributed by atoms with E-state index < -0.39 is 47.9 Å². The smallest absolute Gasteiger partial charge is 0.326 e. The van der Waals surface area contributed by atoms with Crippen LogP contribution in [0.2, 0.25) is 0 Å². The van der Waals surface area contributed by atoms with Crippen molar-refractivity contribution in [3.63, 3.8) is 0 Å². The van der Waals surface area contributed by atoms with Crippen LogP contribution < -0.4 is 21.7 Å². The first-order chi connectivity index (χ1) is 16.5. The molecule has 0 saturated carbocycles. The number of carbonyl (C=O) groups excluding carboxylic acids is 3. The largest absolute Gasteiger partial charge is 0.480 e. The summed E-state index contributed by atoms with van der Waals surface area (Å²) in [5.74, 6) is -2.54. The molecule has 6 N–H and O–H groups in total. The Hall–Kier alpha value is -2.59. The Kier molecular flexibility index (Phi) is 13.4. The lowest BCUT2D eigenvalue weighted by atomic mass is 9.97. The molecule has 3 amide bonds. The lowest BCUT2D eigenvalue weighted by Crippen LogP contribution is -2.59. The minimum Gasteiger partial charge on any atom is -0.480 e. The number of carboxylic acid groups (broad SMARTS) is 1. The maximum Gasteiger partial charge on any atom is 0.326 e. The van der Waals surface area contributed by atoms with Gasteiger partial charge in [0.25, 0.3) is 0 Å². The highest BCUT2D eigenvalue weighted by Gasteiger charge is 2.33. The zero-order valence-electron chi connectivity index (χ0n) is 21.2. The molecule has 0 aliphatic rings. The Labute approximate surface area is 212 Å². The van der Waals surface area contributed by atoms with Gasteiger partial charge >= 0.3 is 5.97 Å². The molecular formula is C25H40N4O5S. The third-order valence-corrected chi connectivity index (χ3v) is 6.55. The summed E-state index contributed by atoms with van der Waals surface area (Å²) in [4.78, 5) is 50.6. The van der Waals surface area contributed by atoms with Crippen LogP contribution in [0.5, 0.6) is 0 Å². The van der Waals surface area contributed by atoms with E-state index in [1.807, 2.05) is 43.5 Å². The molecule has 196 valence electrons. The molecular weight excluding hydrogens is 468 g/mol. The van der Waals surface area contributed by atoms with Gasteiger partial charge in [-0.2, -0.15) is 11.8 Å². The van der Waals surface area contributed by atoms with E-state index in [2.05, 4.69) is 16.0 Å². The number of nitrogens with two attached hydrogens (primary N) is 1. The monoisotopic (exact) mass is 508 g/mol. The molecule has 1 aromatic carbocycles. The molecule has 1 rings (SSSR count). The molecule has 5 atom stereocenters. The van der Waals surface area contributed by atoms with Crippen LogP contribution in [0.15, 0.2) is 30.3 Å². The van der Waals surface area contributed by atoms with E-state index >= 15 is 0 Å². The Morgan fingerprint density at radius 2 is 1.54 bits per heavy atom. The summed E-state index contributed by atoms with van der Waals surface area (Å²) in [5, 5.41) is 17.6. The summed E-state index contributed by atoms with van der Waals surface area (Å²) in [6, 6.07) is 5.36. The van der Waals surface area contributed by atoms with E-state index in [-0.39, 0.29) is 18.3 Å². The number of hydrogen-bond acceptors (Lipinski definition) is 6. The topological polar surface area (TPSA) is 151 Å². The number of nitrogens with one attached hydrogen (secondary N) is 3. The van der Waals surface area contributed by atoms with Crippen molar-refractivity contribution in [1.29, 1.82) is 0 Å². The zero-order chi connectivity index (χ0) is 26.5. The Morgan fingerprint density at radius 1 is 0.943 bits per heavy atom. The fraction of sp³-hybridized carbons (Fsp3) is 0.600. The quantitative estimate of drug-likeness (QED) is 0.241. The summed E-state index contributed by atoms with van der Waals surface area (Å²) in [6.07, 6.45) is 3.12. The number of carbonyl (C=O) groups is 4. The molecule has 9 nitrogen and oxygen atoms in total. The Morgan fingerprint density at radius 3 is 2.06 bits per heavy atom. The number of aliphatic carboxylic acids is 1. The first-order valence-electron chi connectivity index (χ1n) is 11.9. The highest BCUT2D eigenvalue weighted by molar-refractivity contribution is 7.98. The van der Waals surface area contributed by atoms with Gasteiger partial charge in [-0.15, -0.1) is 0 Å². The van der Waals surface area contributed by atoms with Crippen LogP contribution in [0.3, 0.4) is 0 Å². The lowest BCUT2D eigenvalue weighted by Gasteiger charge is -2.28. The molecule has 35 heavy (non-hydrogen) atoms. The van der Waals surface area contributed by atoms with Gasteiger partial charge in [-0.25, -0.2) is 4.79 Å². The van der Waals surface area contributed by atoms with Crippen molar-refractivity contribution >= 4 is 35.5 Å². The van der Waals surface area contributed by atoms with Crippen molar-refractivity contribution in [1.82, 2.24) is 16.0 Å². The van der Waals surface area contributed by atoms with Crippen LogP contribution in [0.1, 0.15) is 46.1 Å². The second-order valence-electron chi connectivity index (χ2n) is 9.08. The minimum absolute atomic E-state index is 0.164. The van der Waals surface area contributed by atoms with E-state index in [1.165, 1.54) is 0 Å². The van der Waals surface area contributed by atoms with Gasteiger partial charge < -0.3 is 26.8 Å². The van der Waals surface area contributed by atoms with Crippen LogP contribution in [-0.4, -0.2) is 65.0 Å². The molecule has 0 heterocycles. The highest BCUT2D eigenvalue weighted by Crippen LogP contribution is 2.11. The van der Waals surface area contributed by atoms with E-state index in [9.17, 15) is 24.3 Å². The number of benzene rings is 1. The number of amides is 3. The molecule has 0 aliphatic carbocycles. The molecule has 0 fully saturated rings. The molecule has 0 spiro atoms. The van der Waals surface area contributed by atoms with Crippen molar-refractivity contribution in [2.45, 2.75) is 71.1 Å². The normalized spacial score (nSPS) is 15.4. The van der Waals surface area contributed by atoms with Gasteiger partial charge in [0.15, 0.2) is 0 Å². The molecule has 5 unspecified atom stereocenters. The third kappa shape index (κ3) is 10.3. The van der Waals surface area contributed by atoms with Crippen molar-refractivity contribution in [3.8, 4) is 0 Å². The van der Waals surface area contributed by atoms with Crippen LogP contribution in [0.25, 0.3) is 0 Å². The Bertz CT molecular complexity index is 836. The van der Waals surface area contributed by atoms with Crippen LogP contribution in [-0.2, 0) is 25.6 Å². The average Bonchev–Trinajstić information content (AvgIpc) is 2.83. The number of rotatable bonds is 15. The van der Waals surface area contributed by atoms with Crippen LogP contribution in [0.4, 0.5) is 0 Å². The second kappa shape index (κ2) is 15.4. The van der Waals surface area contributed by atoms with Gasteiger partial charge in [0.1, 0.15) is 18.1 Å². The van der Waals surface area contributed by atoms with E-state index in [1.54, 1.807) is 32.5 Å². The molecule has 1 aromatic rings. The average molecular weight is 509 g/mol. The summed E-state index contributed by atoms with van der Waals surface area (Å²) in [7, 11) is 0. The Balaban J connectivity index is 3.08. The first kappa shape index (κ1) is 30.4. The fourth-order valence-electron chi connectivity index (χ4n) is 3.43. The predicted octanol–water partition coefficient (Wildman–Crippen LogP) is 1.55. The third-order valence-electron chi connectivity index (χ3n) is 5.91. The zero-order valence-corrected chi connectivity index (χ0v) is 22.1. The van der Waals surface area contributed by atoms with Crippen molar-refractivity contribution < 1.29 is 24.3 Å². The SMILES string of the molecule is CCC(C)C(NC(=O)C(Cc1ccccc1)NC(=O)C(NC(=O)C(N)CCSC)C(C)C)C(=O)O. The van der Waals surface area contributed by atoms with Gasteiger partial charge in [0, 0.05) is 6.42 Å². The van der Waals surface area contributed by atoms with Gasteiger partial charge in [-0.3, -0.25) is 14.4 Å². The lowest BCUT2D eigenvalue weighted by molar-refractivity contribution is -0.143. The van der Waals surface area contributed by atoms with Crippen LogP contribution in [0, 0.1) is 11.8 Å². The maximum absolute atomic E-state index is 13.2. The van der Waals surface area contributed by atoms with E-state index in [0.29, 0.717) is 18.6 Å². The number of carboxylic acids is 1.